The molecule has 0 nitrogen and oxygen atoms in total. The number of hydrogen-bond donors (Lipinski definition) is 0. The van der Waals surface area contributed by atoms with Gasteiger partial charge >= 0.3 is 72.6 Å². The first-order chi connectivity index (χ1) is 4.91. The molecule has 0 aromatic carbocycles. The summed E-state index contributed by atoms with van der Waals surface area (Å²) >= 11 is 0.956. The van der Waals surface area contributed by atoms with E-state index in [1.807, 2.05) is 0 Å². The first kappa shape index (κ1) is 7.52. The fourth-order valence-electron chi connectivity index (χ4n) is 1.97. The van der Waals surface area contributed by atoms with Crippen LogP contribution in [0.1, 0.15) is 32.1 Å². The Morgan fingerprint density at radius 1 is 1.10 bits per heavy atom. The topological polar surface area (TPSA) is 0 Å². The Morgan fingerprint density at radius 3 is 2.50 bits per heavy atom. The summed E-state index contributed by atoms with van der Waals surface area (Å²) in [5.74, 6) is 1.51. The van der Waals surface area contributed by atoms with Crippen molar-refractivity contribution in [2.75, 3.05) is 5.75 Å². The summed E-state index contributed by atoms with van der Waals surface area (Å²) in [6.07, 6.45) is 7.68. The Balaban J connectivity index is 1.98. The van der Waals surface area contributed by atoms with Crippen LogP contribution >= 0.6 is 10.2 Å². The quantitative estimate of drug-likeness (QED) is 0.567. The van der Waals surface area contributed by atoms with Crippen molar-refractivity contribution in [1.29, 1.82) is 0 Å². The van der Waals surface area contributed by atoms with Crippen molar-refractivity contribution >= 4 is 24.0 Å². The van der Waals surface area contributed by atoms with E-state index in [0.29, 0.717) is 0 Å². The molecule has 2 rings (SSSR count). The molecule has 0 N–H and O–H groups in total. The molecule has 0 radical (unpaired) electrons. The standard InChI is InChI=1S/C8H14SSe/c1-2-4-8(5-3-1)6-9-10-7-8/h1-7H2. The van der Waals surface area contributed by atoms with E-state index in [1.54, 1.807) is 18.2 Å². The van der Waals surface area contributed by atoms with Gasteiger partial charge in [-0.1, -0.05) is 0 Å². The molecule has 1 saturated heterocycles. The molecule has 2 fully saturated rings. The van der Waals surface area contributed by atoms with Gasteiger partial charge in [-0.05, 0) is 0 Å². The molecule has 0 atom stereocenters. The molecule has 0 bridgehead atoms. The maximum absolute atomic E-state index is 2.24. The van der Waals surface area contributed by atoms with Crippen LogP contribution in [0.15, 0.2) is 0 Å². The molecular weight excluding hydrogens is 207 g/mol. The van der Waals surface area contributed by atoms with Crippen molar-refractivity contribution in [3.8, 4) is 0 Å². The molecule has 2 heteroatoms. The molecule has 1 aliphatic heterocycles. The monoisotopic (exact) mass is 222 g/mol. The van der Waals surface area contributed by atoms with Crippen LogP contribution in [0.3, 0.4) is 0 Å². The zero-order valence-corrected chi connectivity index (χ0v) is 8.80. The zero-order chi connectivity index (χ0) is 6.86. The predicted molar refractivity (Wildman–Crippen MR) is 48.5 cm³/mol. The Morgan fingerprint density at radius 2 is 1.90 bits per heavy atom. The molecule has 2 aliphatic rings. The van der Waals surface area contributed by atoms with Gasteiger partial charge in [0.2, 0.25) is 0 Å². The van der Waals surface area contributed by atoms with Crippen LogP contribution in [0.4, 0.5) is 0 Å². The average molecular weight is 221 g/mol. The first-order valence-electron chi connectivity index (χ1n) is 4.16. The van der Waals surface area contributed by atoms with Crippen LogP contribution in [-0.2, 0) is 0 Å². The van der Waals surface area contributed by atoms with Crippen molar-refractivity contribution in [3.05, 3.63) is 0 Å². The van der Waals surface area contributed by atoms with E-state index in [9.17, 15) is 0 Å². The average Bonchev–Trinajstić information content (AvgIpc) is 2.39. The Bertz CT molecular complexity index is 110. The van der Waals surface area contributed by atoms with E-state index in [2.05, 4.69) is 10.2 Å². The van der Waals surface area contributed by atoms with Gasteiger partial charge in [-0.2, -0.15) is 0 Å². The molecule has 0 unspecified atom stereocenters. The Labute approximate surface area is 72.8 Å². The van der Waals surface area contributed by atoms with Gasteiger partial charge in [0.15, 0.2) is 0 Å². The van der Waals surface area contributed by atoms with Crippen molar-refractivity contribution in [3.63, 3.8) is 0 Å². The van der Waals surface area contributed by atoms with E-state index < -0.39 is 0 Å². The van der Waals surface area contributed by atoms with Gasteiger partial charge in [0.05, 0.1) is 0 Å². The number of hydrogen-bond acceptors (Lipinski definition) is 1. The predicted octanol–water partition coefficient (Wildman–Crippen LogP) is 2.72. The Hall–Kier alpha value is 0.869. The van der Waals surface area contributed by atoms with Gasteiger partial charge in [0.1, 0.15) is 0 Å². The summed E-state index contributed by atoms with van der Waals surface area (Å²) < 4.78 is 0. The zero-order valence-electron chi connectivity index (χ0n) is 6.27. The van der Waals surface area contributed by atoms with Gasteiger partial charge in [-0.3, -0.25) is 0 Å². The van der Waals surface area contributed by atoms with Crippen molar-refractivity contribution in [1.82, 2.24) is 0 Å². The van der Waals surface area contributed by atoms with Crippen LogP contribution in [0.25, 0.3) is 0 Å². The minimum absolute atomic E-state index is 0.864. The van der Waals surface area contributed by atoms with E-state index in [0.717, 1.165) is 19.3 Å². The van der Waals surface area contributed by atoms with Gasteiger partial charge in [0, 0.05) is 0 Å². The fraction of sp³-hybridized carbons (Fsp3) is 1.00. The maximum atomic E-state index is 2.24. The van der Waals surface area contributed by atoms with Crippen LogP contribution in [-0.4, -0.2) is 19.6 Å². The summed E-state index contributed by atoms with van der Waals surface area (Å²) in [6, 6.07) is 0. The Kier molecular flexibility index (Phi) is 2.32. The molecule has 1 spiro atoms. The summed E-state index contributed by atoms with van der Waals surface area (Å²) in [5.41, 5.74) is 0.864. The van der Waals surface area contributed by atoms with Crippen LogP contribution < -0.4 is 0 Å². The molecule has 0 amide bonds. The molecular formula is C8H14SSe. The molecule has 0 aromatic heterocycles. The summed E-state index contributed by atoms with van der Waals surface area (Å²) in [5, 5.41) is 1.59. The van der Waals surface area contributed by atoms with Gasteiger partial charge in [-0.15, -0.1) is 0 Å². The van der Waals surface area contributed by atoms with Gasteiger partial charge in [0.25, 0.3) is 0 Å². The SMILES string of the molecule is C1CCC2(CC1)CS[Se]C2. The van der Waals surface area contributed by atoms with Gasteiger partial charge < -0.3 is 0 Å². The molecule has 1 heterocycles. The van der Waals surface area contributed by atoms with Crippen LogP contribution in [0, 0.1) is 5.41 Å². The van der Waals surface area contributed by atoms with Gasteiger partial charge in [-0.25, -0.2) is 0 Å². The second-order valence-electron chi connectivity index (χ2n) is 3.59. The summed E-state index contributed by atoms with van der Waals surface area (Å²) in [7, 11) is 2.24. The molecule has 10 heavy (non-hydrogen) atoms. The third-order valence-electron chi connectivity index (χ3n) is 2.73. The van der Waals surface area contributed by atoms with E-state index in [4.69, 9.17) is 0 Å². The third-order valence-corrected chi connectivity index (χ3v) is 7.56. The van der Waals surface area contributed by atoms with E-state index in [-0.39, 0.29) is 0 Å². The van der Waals surface area contributed by atoms with E-state index in [1.165, 1.54) is 25.0 Å². The van der Waals surface area contributed by atoms with Crippen molar-refractivity contribution in [2.45, 2.75) is 37.4 Å². The molecule has 1 saturated carbocycles. The fourth-order valence-corrected chi connectivity index (χ4v) is 8.33. The first-order valence-corrected chi connectivity index (χ1v) is 8.38. The van der Waals surface area contributed by atoms with Crippen LogP contribution in [0.2, 0.25) is 5.32 Å². The number of rotatable bonds is 0. The summed E-state index contributed by atoms with van der Waals surface area (Å²) in [6.45, 7) is 0. The van der Waals surface area contributed by atoms with E-state index >= 15 is 0 Å². The second kappa shape index (κ2) is 3.08. The van der Waals surface area contributed by atoms with Crippen LogP contribution in [0.5, 0.6) is 0 Å². The minimum atomic E-state index is 0.864. The summed E-state index contributed by atoms with van der Waals surface area (Å²) in [4.78, 5) is 0. The molecule has 1 aliphatic carbocycles. The normalized spacial score (nSPS) is 31.2. The molecule has 58 valence electrons. The van der Waals surface area contributed by atoms with Crippen molar-refractivity contribution < 1.29 is 0 Å². The van der Waals surface area contributed by atoms with Crippen molar-refractivity contribution in [2.24, 2.45) is 5.41 Å². The third kappa shape index (κ3) is 1.39. The second-order valence-corrected chi connectivity index (χ2v) is 7.92. The molecule has 0 aromatic rings.